The number of amides is 2. The predicted octanol–water partition coefficient (Wildman–Crippen LogP) is 3.03. The zero-order chi connectivity index (χ0) is 13.4. The number of aryl methyl sites for hydroxylation is 1. The van der Waals surface area contributed by atoms with Crippen molar-refractivity contribution < 1.29 is 4.79 Å². The van der Waals surface area contributed by atoms with E-state index in [2.05, 4.69) is 43.5 Å². The highest BCUT2D eigenvalue weighted by molar-refractivity contribution is 5.74. The topological polar surface area (TPSA) is 41.1 Å². The average Bonchev–Trinajstić information content (AvgIpc) is 2.38. The van der Waals surface area contributed by atoms with Crippen LogP contribution in [0.2, 0.25) is 0 Å². The van der Waals surface area contributed by atoms with Gasteiger partial charge >= 0.3 is 6.03 Å². The molecule has 0 atom stereocenters. The normalized spacial score (nSPS) is 10.4. The minimum atomic E-state index is -0.0581. The van der Waals surface area contributed by atoms with Crippen LogP contribution in [0.5, 0.6) is 0 Å². The first kappa shape index (κ1) is 14.6. The van der Waals surface area contributed by atoms with E-state index in [0.29, 0.717) is 6.54 Å². The number of urea groups is 1. The van der Waals surface area contributed by atoms with Gasteiger partial charge in [-0.2, -0.15) is 0 Å². The Hall–Kier alpha value is -1.51. The van der Waals surface area contributed by atoms with Crippen molar-refractivity contribution in [3.63, 3.8) is 0 Å². The van der Waals surface area contributed by atoms with Crippen LogP contribution in [-0.4, -0.2) is 18.6 Å². The van der Waals surface area contributed by atoms with Crippen LogP contribution >= 0.6 is 0 Å². The molecule has 0 saturated carbocycles. The third-order valence-electron chi connectivity index (χ3n) is 3.26. The second kappa shape index (κ2) is 7.75. The maximum atomic E-state index is 11.6. The van der Waals surface area contributed by atoms with E-state index in [0.717, 1.165) is 19.3 Å². The van der Waals surface area contributed by atoms with Gasteiger partial charge in [-0.3, -0.25) is 0 Å². The molecule has 2 amide bonds. The van der Waals surface area contributed by atoms with E-state index in [9.17, 15) is 4.79 Å². The summed E-state index contributed by atoms with van der Waals surface area (Å²) in [6.45, 7) is 6.94. The Labute approximate surface area is 110 Å². The van der Waals surface area contributed by atoms with Gasteiger partial charge in [0.2, 0.25) is 0 Å². The molecule has 1 rings (SSSR count). The summed E-state index contributed by atoms with van der Waals surface area (Å²) in [6, 6.07) is 8.49. The fourth-order valence-electron chi connectivity index (χ4n) is 1.93. The maximum Gasteiger partial charge on any atom is 0.315 e. The molecule has 0 spiro atoms. The van der Waals surface area contributed by atoms with Crippen LogP contribution in [-0.2, 0) is 6.42 Å². The third-order valence-corrected chi connectivity index (χ3v) is 3.26. The van der Waals surface area contributed by atoms with Gasteiger partial charge in [0.1, 0.15) is 0 Å². The third kappa shape index (κ3) is 4.78. The summed E-state index contributed by atoms with van der Waals surface area (Å²) < 4.78 is 0. The van der Waals surface area contributed by atoms with Gasteiger partial charge in [0.25, 0.3) is 0 Å². The van der Waals surface area contributed by atoms with E-state index in [1.165, 1.54) is 11.1 Å². The number of rotatable bonds is 6. The fourth-order valence-corrected chi connectivity index (χ4v) is 1.93. The molecule has 0 saturated heterocycles. The van der Waals surface area contributed by atoms with Gasteiger partial charge < -0.3 is 10.6 Å². The van der Waals surface area contributed by atoms with Gasteiger partial charge in [0.05, 0.1) is 0 Å². The lowest BCUT2D eigenvalue weighted by atomic mass is 10.1. The molecule has 3 nitrogen and oxygen atoms in total. The summed E-state index contributed by atoms with van der Waals surface area (Å²) in [5.74, 6) is 0. The molecule has 18 heavy (non-hydrogen) atoms. The lowest BCUT2D eigenvalue weighted by Gasteiger charge is -2.15. The summed E-state index contributed by atoms with van der Waals surface area (Å²) in [7, 11) is 0. The number of hydrogen-bond acceptors (Lipinski definition) is 1. The van der Waals surface area contributed by atoms with Gasteiger partial charge in [-0.25, -0.2) is 4.79 Å². The van der Waals surface area contributed by atoms with Crippen LogP contribution < -0.4 is 10.6 Å². The minimum Gasteiger partial charge on any atom is -0.338 e. The average molecular weight is 248 g/mol. The van der Waals surface area contributed by atoms with Crippen molar-refractivity contribution in [2.75, 3.05) is 6.54 Å². The molecule has 3 heteroatoms. The first-order valence-electron chi connectivity index (χ1n) is 6.76. The summed E-state index contributed by atoms with van der Waals surface area (Å²) in [4.78, 5) is 11.6. The Morgan fingerprint density at radius 1 is 1.22 bits per heavy atom. The summed E-state index contributed by atoms with van der Waals surface area (Å²) in [6.07, 6.45) is 2.83. The molecule has 0 aliphatic heterocycles. The largest absolute Gasteiger partial charge is 0.338 e. The van der Waals surface area contributed by atoms with Crippen molar-refractivity contribution in [1.82, 2.24) is 10.6 Å². The molecule has 0 aliphatic rings. The Morgan fingerprint density at radius 2 is 1.89 bits per heavy atom. The van der Waals surface area contributed by atoms with E-state index in [-0.39, 0.29) is 12.1 Å². The number of nitrogens with one attached hydrogen (secondary N) is 2. The van der Waals surface area contributed by atoms with E-state index in [4.69, 9.17) is 0 Å². The van der Waals surface area contributed by atoms with E-state index in [1.807, 2.05) is 12.1 Å². The smallest absolute Gasteiger partial charge is 0.315 e. The van der Waals surface area contributed by atoms with Gasteiger partial charge in [-0.15, -0.1) is 0 Å². The van der Waals surface area contributed by atoms with Crippen molar-refractivity contribution >= 4 is 6.03 Å². The first-order valence-corrected chi connectivity index (χ1v) is 6.76. The molecule has 0 unspecified atom stereocenters. The van der Waals surface area contributed by atoms with Gasteiger partial charge in [0.15, 0.2) is 0 Å². The highest BCUT2D eigenvalue weighted by atomic mass is 16.2. The highest BCUT2D eigenvalue weighted by Gasteiger charge is 2.07. The molecular formula is C15H24N2O. The zero-order valence-corrected chi connectivity index (χ0v) is 11.6. The van der Waals surface area contributed by atoms with Crippen LogP contribution in [0.25, 0.3) is 0 Å². The Balaban J connectivity index is 2.29. The molecule has 0 heterocycles. The molecule has 0 fully saturated rings. The Morgan fingerprint density at radius 3 is 2.50 bits per heavy atom. The second-order valence-electron chi connectivity index (χ2n) is 4.59. The van der Waals surface area contributed by atoms with E-state index < -0.39 is 0 Å². The molecule has 2 N–H and O–H groups in total. The standard InChI is InChI=1S/C15H24N2O/c1-4-14(5-2)17-15(18)16-11-10-13-9-7-6-8-12(13)3/h6-9,14H,4-5,10-11H2,1-3H3,(H2,16,17,18). The molecular weight excluding hydrogens is 224 g/mol. The maximum absolute atomic E-state index is 11.6. The van der Waals surface area contributed by atoms with Crippen LogP contribution in [0, 0.1) is 6.92 Å². The second-order valence-corrected chi connectivity index (χ2v) is 4.59. The number of carbonyl (C=O) groups is 1. The van der Waals surface area contributed by atoms with Gasteiger partial charge in [0, 0.05) is 12.6 Å². The quantitative estimate of drug-likeness (QED) is 0.798. The van der Waals surface area contributed by atoms with Crippen molar-refractivity contribution in [2.45, 2.75) is 46.1 Å². The summed E-state index contributed by atoms with van der Waals surface area (Å²) in [5.41, 5.74) is 2.57. The van der Waals surface area contributed by atoms with Gasteiger partial charge in [-0.05, 0) is 37.3 Å². The zero-order valence-electron chi connectivity index (χ0n) is 11.6. The van der Waals surface area contributed by atoms with Crippen LogP contribution in [0.3, 0.4) is 0 Å². The van der Waals surface area contributed by atoms with Crippen LogP contribution in [0.1, 0.15) is 37.8 Å². The summed E-state index contributed by atoms with van der Waals surface area (Å²) in [5, 5.41) is 5.87. The molecule has 0 bridgehead atoms. The van der Waals surface area contributed by atoms with E-state index >= 15 is 0 Å². The van der Waals surface area contributed by atoms with Crippen LogP contribution in [0.4, 0.5) is 4.79 Å². The molecule has 0 aromatic heterocycles. The molecule has 100 valence electrons. The highest BCUT2D eigenvalue weighted by Crippen LogP contribution is 2.06. The molecule has 1 aromatic rings. The Kier molecular flexibility index (Phi) is 6.26. The number of carbonyl (C=O) groups excluding carboxylic acids is 1. The van der Waals surface area contributed by atoms with Crippen LogP contribution in [0.15, 0.2) is 24.3 Å². The lowest BCUT2D eigenvalue weighted by molar-refractivity contribution is 0.236. The van der Waals surface area contributed by atoms with Crippen molar-refractivity contribution in [3.8, 4) is 0 Å². The van der Waals surface area contributed by atoms with Crippen molar-refractivity contribution in [2.24, 2.45) is 0 Å². The number of benzene rings is 1. The molecule has 0 radical (unpaired) electrons. The fraction of sp³-hybridized carbons (Fsp3) is 0.533. The first-order chi connectivity index (χ1) is 8.67. The number of hydrogen-bond donors (Lipinski definition) is 2. The minimum absolute atomic E-state index is 0.0581. The lowest BCUT2D eigenvalue weighted by Crippen LogP contribution is -2.42. The van der Waals surface area contributed by atoms with Crippen molar-refractivity contribution in [3.05, 3.63) is 35.4 Å². The molecule has 1 aromatic carbocycles. The van der Waals surface area contributed by atoms with Gasteiger partial charge in [-0.1, -0.05) is 38.1 Å². The summed E-state index contributed by atoms with van der Waals surface area (Å²) >= 11 is 0. The van der Waals surface area contributed by atoms with Crippen molar-refractivity contribution in [1.29, 1.82) is 0 Å². The van der Waals surface area contributed by atoms with E-state index in [1.54, 1.807) is 0 Å². The molecule has 0 aliphatic carbocycles. The Bertz CT molecular complexity index is 373. The predicted molar refractivity (Wildman–Crippen MR) is 75.8 cm³/mol. The SMILES string of the molecule is CCC(CC)NC(=O)NCCc1ccccc1C. The monoisotopic (exact) mass is 248 g/mol.